The van der Waals surface area contributed by atoms with Crippen molar-refractivity contribution in [1.82, 2.24) is 0 Å². The fourth-order valence-electron chi connectivity index (χ4n) is 2.85. The van der Waals surface area contributed by atoms with Crippen LogP contribution in [0.2, 0.25) is 0 Å². The Labute approximate surface area is 113 Å². The van der Waals surface area contributed by atoms with Crippen molar-refractivity contribution < 1.29 is 15.0 Å². The van der Waals surface area contributed by atoms with E-state index in [0.717, 1.165) is 17.8 Å². The lowest BCUT2D eigenvalue weighted by molar-refractivity contribution is -0.141. The summed E-state index contributed by atoms with van der Waals surface area (Å²) in [5.74, 6) is -0.808. The summed E-state index contributed by atoms with van der Waals surface area (Å²) in [6.07, 6.45) is 0.559. The minimum Gasteiger partial charge on any atom is -0.508 e. The number of carboxylic acids is 1. The molecule has 0 saturated heterocycles. The Bertz CT molecular complexity index is 484. The van der Waals surface area contributed by atoms with Crippen LogP contribution in [0, 0.1) is 5.92 Å². The maximum absolute atomic E-state index is 11.0. The SMILES string of the molecule is CC(CC1CN(C(C)C)c2cccc(O)c21)C(=O)O. The average Bonchev–Trinajstić information content (AvgIpc) is 2.69. The highest BCUT2D eigenvalue weighted by atomic mass is 16.4. The number of benzene rings is 1. The topological polar surface area (TPSA) is 60.8 Å². The van der Waals surface area contributed by atoms with Crippen molar-refractivity contribution in [3.63, 3.8) is 0 Å². The van der Waals surface area contributed by atoms with E-state index in [2.05, 4.69) is 18.7 Å². The molecule has 0 radical (unpaired) electrons. The predicted molar refractivity (Wildman–Crippen MR) is 74.7 cm³/mol. The molecule has 2 atom stereocenters. The van der Waals surface area contributed by atoms with Gasteiger partial charge in [-0.05, 0) is 32.4 Å². The number of phenols is 1. The minimum absolute atomic E-state index is 0.0877. The van der Waals surface area contributed by atoms with Crippen LogP contribution in [-0.4, -0.2) is 28.8 Å². The monoisotopic (exact) mass is 263 g/mol. The molecule has 0 fully saturated rings. The number of hydrogen-bond acceptors (Lipinski definition) is 3. The lowest BCUT2D eigenvalue weighted by Gasteiger charge is -2.24. The molecule has 1 aromatic rings. The number of fused-ring (bicyclic) bond motifs is 1. The minimum atomic E-state index is -0.778. The van der Waals surface area contributed by atoms with Gasteiger partial charge in [-0.1, -0.05) is 13.0 Å². The molecule has 0 saturated carbocycles. The largest absolute Gasteiger partial charge is 0.508 e. The van der Waals surface area contributed by atoms with Crippen LogP contribution < -0.4 is 4.90 Å². The summed E-state index contributed by atoms with van der Waals surface area (Å²) in [4.78, 5) is 13.3. The molecule has 1 aliphatic rings. The highest BCUT2D eigenvalue weighted by Crippen LogP contribution is 2.45. The zero-order chi connectivity index (χ0) is 14.2. The van der Waals surface area contributed by atoms with Gasteiger partial charge in [0.25, 0.3) is 0 Å². The molecular weight excluding hydrogens is 242 g/mol. The lowest BCUT2D eigenvalue weighted by Crippen LogP contribution is -2.30. The Morgan fingerprint density at radius 1 is 1.42 bits per heavy atom. The summed E-state index contributed by atoms with van der Waals surface area (Å²) in [6.45, 7) is 6.72. The van der Waals surface area contributed by atoms with Gasteiger partial charge in [0, 0.05) is 29.8 Å². The Morgan fingerprint density at radius 3 is 2.68 bits per heavy atom. The van der Waals surface area contributed by atoms with Crippen LogP contribution in [0.3, 0.4) is 0 Å². The molecular formula is C15H21NO3. The van der Waals surface area contributed by atoms with E-state index < -0.39 is 11.9 Å². The molecule has 0 aliphatic carbocycles. The molecule has 4 heteroatoms. The van der Waals surface area contributed by atoms with E-state index in [-0.39, 0.29) is 11.7 Å². The van der Waals surface area contributed by atoms with E-state index in [4.69, 9.17) is 5.11 Å². The molecule has 2 rings (SSSR count). The fourth-order valence-corrected chi connectivity index (χ4v) is 2.85. The van der Waals surface area contributed by atoms with Crippen molar-refractivity contribution in [2.24, 2.45) is 5.92 Å². The van der Waals surface area contributed by atoms with Gasteiger partial charge in [0.05, 0.1) is 5.92 Å². The van der Waals surface area contributed by atoms with Gasteiger partial charge in [-0.2, -0.15) is 0 Å². The van der Waals surface area contributed by atoms with Gasteiger partial charge in [-0.25, -0.2) is 0 Å². The molecule has 104 valence electrons. The number of carboxylic acid groups (broad SMARTS) is 1. The van der Waals surface area contributed by atoms with E-state index in [1.165, 1.54) is 0 Å². The molecule has 2 unspecified atom stereocenters. The predicted octanol–water partition coefficient (Wildman–Crippen LogP) is 2.82. The van der Waals surface area contributed by atoms with Gasteiger partial charge in [0.15, 0.2) is 0 Å². The first-order chi connectivity index (χ1) is 8.91. The van der Waals surface area contributed by atoms with Gasteiger partial charge in [-0.3, -0.25) is 4.79 Å². The average molecular weight is 263 g/mol. The lowest BCUT2D eigenvalue weighted by atomic mass is 9.90. The summed E-state index contributed by atoms with van der Waals surface area (Å²) in [6, 6.07) is 5.86. The molecule has 0 amide bonds. The second-order valence-electron chi connectivity index (χ2n) is 5.63. The van der Waals surface area contributed by atoms with Crippen LogP contribution in [0.15, 0.2) is 18.2 Å². The van der Waals surface area contributed by atoms with E-state index in [1.54, 1.807) is 13.0 Å². The summed E-state index contributed by atoms with van der Waals surface area (Å²) < 4.78 is 0. The summed E-state index contributed by atoms with van der Waals surface area (Å²) in [7, 11) is 0. The fraction of sp³-hybridized carbons (Fsp3) is 0.533. The van der Waals surface area contributed by atoms with E-state index in [1.807, 2.05) is 12.1 Å². The first-order valence-electron chi connectivity index (χ1n) is 6.73. The molecule has 19 heavy (non-hydrogen) atoms. The number of hydrogen-bond donors (Lipinski definition) is 2. The number of nitrogens with zero attached hydrogens (tertiary/aromatic N) is 1. The van der Waals surface area contributed by atoms with Gasteiger partial charge in [-0.15, -0.1) is 0 Å². The molecule has 0 spiro atoms. The Balaban J connectivity index is 2.32. The van der Waals surface area contributed by atoms with Crippen molar-refractivity contribution in [2.45, 2.75) is 39.2 Å². The number of aliphatic carboxylic acids is 1. The quantitative estimate of drug-likeness (QED) is 0.877. The third kappa shape index (κ3) is 2.53. The maximum atomic E-state index is 11.0. The highest BCUT2D eigenvalue weighted by molar-refractivity contribution is 5.71. The van der Waals surface area contributed by atoms with Crippen LogP contribution in [0.25, 0.3) is 0 Å². The molecule has 0 bridgehead atoms. The zero-order valence-electron chi connectivity index (χ0n) is 11.6. The molecule has 4 nitrogen and oxygen atoms in total. The summed E-state index contributed by atoms with van der Waals surface area (Å²) in [5.41, 5.74) is 1.95. The molecule has 1 aliphatic heterocycles. The van der Waals surface area contributed by atoms with Crippen molar-refractivity contribution in [3.8, 4) is 5.75 Å². The first-order valence-corrected chi connectivity index (χ1v) is 6.73. The van der Waals surface area contributed by atoms with Gasteiger partial charge in [0.1, 0.15) is 5.75 Å². The van der Waals surface area contributed by atoms with Gasteiger partial charge < -0.3 is 15.1 Å². The van der Waals surface area contributed by atoms with E-state index in [0.29, 0.717) is 12.5 Å². The normalized spacial score (nSPS) is 19.6. The number of carbonyl (C=O) groups is 1. The highest BCUT2D eigenvalue weighted by Gasteiger charge is 2.34. The summed E-state index contributed by atoms with van der Waals surface area (Å²) >= 11 is 0. The second kappa shape index (κ2) is 5.11. The van der Waals surface area contributed by atoms with E-state index in [9.17, 15) is 9.90 Å². The number of aromatic hydroxyl groups is 1. The molecule has 1 aromatic carbocycles. The molecule has 2 N–H and O–H groups in total. The van der Waals surface area contributed by atoms with Crippen LogP contribution in [0.1, 0.15) is 38.7 Å². The smallest absolute Gasteiger partial charge is 0.306 e. The zero-order valence-corrected chi connectivity index (χ0v) is 11.6. The van der Waals surface area contributed by atoms with Gasteiger partial charge >= 0.3 is 5.97 Å². The number of phenolic OH excluding ortho intramolecular Hbond substituents is 1. The van der Waals surface area contributed by atoms with E-state index >= 15 is 0 Å². The van der Waals surface area contributed by atoms with Crippen molar-refractivity contribution in [1.29, 1.82) is 0 Å². The van der Waals surface area contributed by atoms with Crippen LogP contribution in [0.4, 0.5) is 5.69 Å². The van der Waals surface area contributed by atoms with Crippen LogP contribution >= 0.6 is 0 Å². The second-order valence-corrected chi connectivity index (χ2v) is 5.63. The third-order valence-corrected chi connectivity index (χ3v) is 3.88. The van der Waals surface area contributed by atoms with Crippen molar-refractivity contribution in [2.75, 3.05) is 11.4 Å². The Hall–Kier alpha value is -1.71. The van der Waals surface area contributed by atoms with Crippen molar-refractivity contribution >= 4 is 11.7 Å². The summed E-state index contributed by atoms with van der Waals surface area (Å²) in [5, 5.41) is 19.1. The standard InChI is InChI=1S/C15H21NO3/c1-9(2)16-8-11(7-10(3)15(18)19)14-12(16)5-4-6-13(14)17/h4-6,9-11,17H,7-8H2,1-3H3,(H,18,19). The number of rotatable bonds is 4. The Kier molecular flexibility index (Phi) is 3.69. The van der Waals surface area contributed by atoms with Crippen LogP contribution in [0.5, 0.6) is 5.75 Å². The van der Waals surface area contributed by atoms with Crippen molar-refractivity contribution in [3.05, 3.63) is 23.8 Å². The first kappa shape index (κ1) is 13.7. The molecule has 0 aromatic heterocycles. The number of anilines is 1. The Morgan fingerprint density at radius 2 is 2.11 bits per heavy atom. The maximum Gasteiger partial charge on any atom is 0.306 e. The molecule has 1 heterocycles. The van der Waals surface area contributed by atoms with Crippen LogP contribution in [-0.2, 0) is 4.79 Å². The van der Waals surface area contributed by atoms with Gasteiger partial charge in [0.2, 0.25) is 0 Å². The third-order valence-electron chi connectivity index (χ3n) is 3.88.